The minimum atomic E-state index is -1.23. The largest absolute Gasteiger partial charge is 0.480 e. The summed E-state index contributed by atoms with van der Waals surface area (Å²) in [5, 5.41) is 15.2. The van der Waals surface area contributed by atoms with Gasteiger partial charge in [-0.1, -0.05) is 35.9 Å². The Balaban J connectivity index is 2.36. The summed E-state index contributed by atoms with van der Waals surface area (Å²) in [5.74, 6) is -0.950. The molecule has 0 aliphatic rings. The average Bonchev–Trinajstić information content (AvgIpc) is 2.92. The molecule has 0 radical (unpaired) electrons. The molecule has 2 rings (SSSR count). The molecule has 0 aliphatic carbocycles. The second-order valence-corrected chi connectivity index (χ2v) is 6.18. The van der Waals surface area contributed by atoms with Crippen molar-refractivity contribution in [2.24, 2.45) is 0 Å². The van der Waals surface area contributed by atoms with Gasteiger partial charge in [0.05, 0.1) is 0 Å². The second kappa shape index (κ2) is 5.95. The predicted molar refractivity (Wildman–Crippen MR) is 82.3 cm³/mol. The number of aliphatic carboxylic acids is 1. The van der Waals surface area contributed by atoms with Gasteiger partial charge < -0.3 is 5.11 Å². The summed E-state index contributed by atoms with van der Waals surface area (Å²) in [6.07, 6.45) is 0. The van der Waals surface area contributed by atoms with Crippen molar-refractivity contribution in [1.82, 2.24) is 5.32 Å². The van der Waals surface area contributed by atoms with Crippen molar-refractivity contribution in [2.45, 2.75) is 25.4 Å². The van der Waals surface area contributed by atoms with Crippen molar-refractivity contribution in [1.29, 1.82) is 0 Å². The fraction of sp³-hybridized carbons (Fsp3) is 0.267. The van der Waals surface area contributed by atoms with E-state index in [0.29, 0.717) is 10.6 Å². The maximum absolute atomic E-state index is 11.8. The molecular weight excluding hydrogens is 294 g/mol. The number of carbonyl (C=O) groups is 1. The summed E-state index contributed by atoms with van der Waals surface area (Å²) in [4.78, 5) is 12.8. The first-order valence-electron chi connectivity index (χ1n) is 6.24. The maximum atomic E-state index is 11.8. The van der Waals surface area contributed by atoms with Gasteiger partial charge in [-0.2, -0.15) is 0 Å². The molecule has 0 amide bonds. The first-order chi connectivity index (χ1) is 9.45. The van der Waals surface area contributed by atoms with Gasteiger partial charge in [0, 0.05) is 21.5 Å². The van der Waals surface area contributed by atoms with Crippen LogP contribution in [0.5, 0.6) is 0 Å². The van der Waals surface area contributed by atoms with Crippen molar-refractivity contribution >= 4 is 28.9 Å². The van der Waals surface area contributed by atoms with Crippen LogP contribution in [0.3, 0.4) is 0 Å². The number of carboxylic acids is 1. The lowest BCUT2D eigenvalue weighted by molar-refractivity contribution is -0.145. The number of hydrogen-bond acceptors (Lipinski definition) is 3. The Morgan fingerprint density at radius 1 is 1.35 bits per heavy atom. The Morgan fingerprint density at radius 3 is 2.60 bits per heavy atom. The van der Waals surface area contributed by atoms with E-state index in [0.717, 1.165) is 4.88 Å². The standard InChI is InChI=1S/C15H16ClNO2S/c1-10(13-8-5-9-20-13)17-15(2,14(18)19)11-6-3-4-7-12(11)16/h3-10,17H,1-2H3,(H,18,19). The van der Waals surface area contributed by atoms with Crippen LogP contribution >= 0.6 is 22.9 Å². The molecule has 20 heavy (non-hydrogen) atoms. The number of rotatable bonds is 5. The van der Waals surface area contributed by atoms with Crippen LogP contribution < -0.4 is 5.32 Å². The SMILES string of the molecule is CC(NC(C)(C(=O)O)c1ccccc1Cl)c1cccs1. The van der Waals surface area contributed by atoms with E-state index in [4.69, 9.17) is 11.6 Å². The van der Waals surface area contributed by atoms with Crippen LogP contribution in [-0.2, 0) is 10.3 Å². The van der Waals surface area contributed by atoms with Crippen LogP contribution in [0.2, 0.25) is 5.02 Å². The zero-order chi connectivity index (χ0) is 14.8. The molecule has 1 aromatic carbocycles. The third-order valence-corrected chi connectivity index (χ3v) is 4.70. The van der Waals surface area contributed by atoms with E-state index in [1.807, 2.05) is 24.4 Å². The van der Waals surface area contributed by atoms with E-state index < -0.39 is 11.5 Å². The van der Waals surface area contributed by atoms with E-state index in [1.54, 1.807) is 42.5 Å². The van der Waals surface area contributed by atoms with E-state index in [2.05, 4.69) is 5.32 Å². The van der Waals surface area contributed by atoms with Gasteiger partial charge in [-0.15, -0.1) is 11.3 Å². The van der Waals surface area contributed by atoms with Crippen molar-refractivity contribution in [2.75, 3.05) is 0 Å². The summed E-state index contributed by atoms with van der Waals surface area (Å²) in [7, 11) is 0. The molecule has 1 aromatic heterocycles. The molecule has 0 aliphatic heterocycles. The molecule has 0 saturated carbocycles. The van der Waals surface area contributed by atoms with Crippen LogP contribution in [0.4, 0.5) is 0 Å². The van der Waals surface area contributed by atoms with E-state index in [-0.39, 0.29) is 6.04 Å². The van der Waals surface area contributed by atoms with Gasteiger partial charge in [0.25, 0.3) is 0 Å². The monoisotopic (exact) mass is 309 g/mol. The lowest BCUT2D eigenvalue weighted by Gasteiger charge is -2.31. The number of benzene rings is 1. The van der Waals surface area contributed by atoms with Crippen LogP contribution in [0.15, 0.2) is 41.8 Å². The molecule has 2 aromatic rings. The molecule has 1 heterocycles. The zero-order valence-electron chi connectivity index (χ0n) is 11.3. The predicted octanol–water partition coefficient (Wildman–Crippen LogP) is 4.05. The van der Waals surface area contributed by atoms with E-state index in [1.165, 1.54) is 0 Å². The van der Waals surface area contributed by atoms with Crippen LogP contribution in [-0.4, -0.2) is 11.1 Å². The van der Waals surface area contributed by atoms with Gasteiger partial charge in [0.15, 0.2) is 0 Å². The lowest BCUT2D eigenvalue weighted by atomic mass is 9.91. The molecule has 2 unspecified atom stereocenters. The number of thiophene rings is 1. The lowest BCUT2D eigenvalue weighted by Crippen LogP contribution is -2.47. The summed E-state index contributed by atoms with van der Waals surface area (Å²) in [5.41, 5.74) is -0.667. The Kier molecular flexibility index (Phi) is 4.48. The minimum Gasteiger partial charge on any atom is -0.480 e. The minimum absolute atomic E-state index is 0.0765. The Morgan fingerprint density at radius 2 is 2.05 bits per heavy atom. The molecule has 2 N–H and O–H groups in total. The quantitative estimate of drug-likeness (QED) is 0.876. The maximum Gasteiger partial charge on any atom is 0.328 e. The van der Waals surface area contributed by atoms with Gasteiger partial charge in [0.2, 0.25) is 0 Å². The van der Waals surface area contributed by atoms with Crippen molar-refractivity contribution in [3.63, 3.8) is 0 Å². The highest BCUT2D eigenvalue weighted by molar-refractivity contribution is 7.10. The summed E-state index contributed by atoms with van der Waals surface area (Å²) in [6.45, 7) is 3.59. The molecule has 0 spiro atoms. The Hall–Kier alpha value is -1.36. The molecule has 106 valence electrons. The van der Waals surface area contributed by atoms with Crippen LogP contribution in [0.25, 0.3) is 0 Å². The number of halogens is 1. The third-order valence-electron chi connectivity index (χ3n) is 3.32. The molecule has 5 heteroatoms. The molecule has 0 fully saturated rings. The van der Waals surface area contributed by atoms with E-state index >= 15 is 0 Å². The smallest absolute Gasteiger partial charge is 0.328 e. The third kappa shape index (κ3) is 2.87. The highest BCUT2D eigenvalue weighted by Gasteiger charge is 2.38. The number of hydrogen-bond donors (Lipinski definition) is 2. The second-order valence-electron chi connectivity index (χ2n) is 4.79. The van der Waals surface area contributed by atoms with Gasteiger partial charge >= 0.3 is 5.97 Å². The first kappa shape index (κ1) is 15.0. The summed E-state index contributed by atoms with van der Waals surface area (Å²) < 4.78 is 0. The average molecular weight is 310 g/mol. The summed E-state index contributed by atoms with van der Waals surface area (Å²) in [6, 6.07) is 10.9. The van der Waals surface area contributed by atoms with E-state index in [9.17, 15) is 9.90 Å². The zero-order valence-corrected chi connectivity index (χ0v) is 12.8. The highest BCUT2D eigenvalue weighted by Crippen LogP contribution is 2.31. The van der Waals surface area contributed by atoms with Crippen LogP contribution in [0, 0.1) is 0 Å². The fourth-order valence-electron chi connectivity index (χ4n) is 2.16. The fourth-order valence-corrected chi connectivity index (χ4v) is 3.22. The molecule has 0 bridgehead atoms. The summed E-state index contributed by atoms with van der Waals surface area (Å²) >= 11 is 7.75. The van der Waals surface area contributed by atoms with Crippen molar-refractivity contribution < 1.29 is 9.90 Å². The Labute approximate surface area is 127 Å². The van der Waals surface area contributed by atoms with Gasteiger partial charge in [-0.05, 0) is 31.4 Å². The van der Waals surface area contributed by atoms with Gasteiger partial charge in [-0.3, -0.25) is 5.32 Å². The topological polar surface area (TPSA) is 49.3 Å². The molecular formula is C15H16ClNO2S. The Bertz CT molecular complexity index is 600. The normalized spacial score (nSPS) is 15.6. The molecule has 3 nitrogen and oxygen atoms in total. The molecule has 0 saturated heterocycles. The van der Waals surface area contributed by atoms with Crippen molar-refractivity contribution in [3.8, 4) is 0 Å². The number of carboxylic acid groups (broad SMARTS) is 1. The number of nitrogens with one attached hydrogen (secondary N) is 1. The van der Waals surface area contributed by atoms with Crippen molar-refractivity contribution in [3.05, 3.63) is 57.2 Å². The molecule has 2 atom stereocenters. The van der Waals surface area contributed by atoms with Gasteiger partial charge in [-0.25, -0.2) is 4.79 Å². The van der Waals surface area contributed by atoms with Gasteiger partial charge in [0.1, 0.15) is 5.54 Å². The first-order valence-corrected chi connectivity index (χ1v) is 7.50. The van der Waals surface area contributed by atoms with Crippen LogP contribution in [0.1, 0.15) is 30.3 Å². The highest BCUT2D eigenvalue weighted by atomic mass is 35.5.